The highest BCUT2D eigenvalue weighted by Crippen LogP contribution is 2.23. The van der Waals surface area contributed by atoms with E-state index in [0.29, 0.717) is 6.42 Å². The van der Waals surface area contributed by atoms with Crippen LogP contribution < -0.4 is 5.32 Å². The molecule has 1 N–H and O–H groups in total. The van der Waals surface area contributed by atoms with Crippen LogP contribution in [0.25, 0.3) is 0 Å². The summed E-state index contributed by atoms with van der Waals surface area (Å²) < 4.78 is 0. The third kappa shape index (κ3) is 2.73. The van der Waals surface area contributed by atoms with Crippen molar-refractivity contribution < 1.29 is 4.79 Å². The van der Waals surface area contributed by atoms with Crippen molar-refractivity contribution in [2.24, 2.45) is 0 Å². The first kappa shape index (κ1) is 12.5. The van der Waals surface area contributed by atoms with Crippen LogP contribution in [-0.4, -0.2) is 55.5 Å². The van der Waals surface area contributed by atoms with Gasteiger partial charge in [0.1, 0.15) is 0 Å². The summed E-state index contributed by atoms with van der Waals surface area (Å²) in [6.07, 6.45) is 1.63. The fraction of sp³-hybridized carbons (Fsp3) is 0.533. The van der Waals surface area contributed by atoms with Crippen LogP contribution >= 0.6 is 0 Å². The molecule has 3 rings (SSSR count). The van der Waals surface area contributed by atoms with Crippen molar-refractivity contribution in [3.8, 4) is 0 Å². The molecule has 0 atom stereocenters. The van der Waals surface area contributed by atoms with Gasteiger partial charge in [0.25, 0.3) is 0 Å². The van der Waals surface area contributed by atoms with Crippen LogP contribution in [0.4, 0.5) is 5.69 Å². The van der Waals surface area contributed by atoms with Gasteiger partial charge in [-0.15, -0.1) is 0 Å². The van der Waals surface area contributed by atoms with Crippen LogP contribution in [0.15, 0.2) is 18.2 Å². The molecule has 2 aliphatic rings. The van der Waals surface area contributed by atoms with Crippen LogP contribution in [0.1, 0.15) is 11.1 Å². The van der Waals surface area contributed by atoms with E-state index in [1.807, 2.05) is 4.90 Å². The minimum absolute atomic E-state index is 0.256. The Morgan fingerprint density at radius 2 is 2.05 bits per heavy atom. The first-order valence-electron chi connectivity index (χ1n) is 7.04. The van der Waals surface area contributed by atoms with Crippen LogP contribution in [0.2, 0.25) is 0 Å². The molecule has 0 spiro atoms. The zero-order chi connectivity index (χ0) is 13.2. The third-order valence-electron chi connectivity index (χ3n) is 4.10. The summed E-state index contributed by atoms with van der Waals surface area (Å²) in [5, 5.41) is 3.37. The highest BCUT2D eigenvalue weighted by Gasteiger charge is 2.19. The minimum Gasteiger partial charge on any atom is -0.384 e. The zero-order valence-corrected chi connectivity index (χ0v) is 11.5. The van der Waals surface area contributed by atoms with Gasteiger partial charge in [-0.25, -0.2) is 0 Å². The fourth-order valence-corrected chi connectivity index (χ4v) is 2.79. The number of rotatable bonds is 2. The lowest BCUT2D eigenvalue weighted by Gasteiger charge is -2.32. The number of anilines is 1. The largest absolute Gasteiger partial charge is 0.384 e. The minimum atomic E-state index is 0.256. The van der Waals surface area contributed by atoms with Crippen molar-refractivity contribution in [2.75, 3.05) is 45.1 Å². The molecular formula is C15H21N3O. The van der Waals surface area contributed by atoms with Gasteiger partial charge in [0.15, 0.2) is 0 Å². The van der Waals surface area contributed by atoms with Crippen molar-refractivity contribution in [3.63, 3.8) is 0 Å². The van der Waals surface area contributed by atoms with E-state index in [4.69, 9.17) is 0 Å². The van der Waals surface area contributed by atoms with Gasteiger partial charge in [-0.1, -0.05) is 12.1 Å². The molecule has 2 heterocycles. The number of piperazine rings is 1. The van der Waals surface area contributed by atoms with Crippen molar-refractivity contribution in [1.29, 1.82) is 0 Å². The highest BCUT2D eigenvalue weighted by molar-refractivity contribution is 5.79. The summed E-state index contributed by atoms with van der Waals surface area (Å²) in [6, 6.07) is 6.39. The van der Waals surface area contributed by atoms with Gasteiger partial charge in [-0.2, -0.15) is 0 Å². The maximum Gasteiger partial charge on any atom is 0.227 e. The summed E-state index contributed by atoms with van der Waals surface area (Å²) >= 11 is 0. The molecule has 4 nitrogen and oxygen atoms in total. The molecule has 2 aliphatic heterocycles. The van der Waals surface area contributed by atoms with Gasteiger partial charge in [-0.05, 0) is 30.7 Å². The maximum atomic E-state index is 12.3. The van der Waals surface area contributed by atoms with Crippen molar-refractivity contribution in [2.45, 2.75) is 12.8 Å². The van der Waals surface area contributed by atoms with Crippen LogP contribution in [-0.2, 0) is 17.6 Å². The normalized spacial score (nSPS) is 19.1. The number of carbonyl (C=O) groups excluding carboxylic acids is 1. The Hall–Kier alpha value is -1.55. The summed E-state index contributed by atoms with van der Waals surface area (Å²) in [5.74, 6) is 0.256. The van der Waals surface area contributed by atoms with Crippen LogP contribution in [0, 0.1) is 0 Å². The lowest BCUT2D eigenvalue weighted by Crippen LogP contribution is -2.47. The Balaban J connectivity index is 1.63. The third-order valence-corrected chi connectivity index (χ3v) is 4.10. The first-order valence-corrected chi connectivity index (χ1v) is 7.04. The number of nitrogens with one attached hydrogen (secondary N) is 1. The highest BCUT2D eigenvalue weighted by atomic mass is 16.2. The van der Waals surface area contributed by atoms with E-state index >= 15 is 0 Å². The Labute approximate surface area is 114 Å². The molecule has 1 aromatic rings. The molecule has 0 aliphatic carbocycles. The van der Waals surface area contributed by atoms with Gasteiger partial charge >= 0.3 is 0 Å². The van der Waals surface area contributed by atoms with Crippen molar-refractivity contribution in [1.82, 2.24) is 9.80 Å². The maximum absolute atomic E-state index is 12.3. The summed E-state index contributed by atoms with van der Waals surface area (Å²) in [4.78, 5) is 16.5. The Morgan fingerprint density at radius 3 is 2.84 bits per heavy atom. The van der Waals surface area contributed by atoms with Gasteiger partial charge in [0.2, 0.25) is 5.91 Å². The number of fused-ring (bicyclic) bond motifs is 1. The fourth-order valence-electron chi connectivity index (χ4n) is 2.79. The molecule has 0 saturated carbocycles. The van der Waals surface area contributed by atoms with Gasteiger partial charge < -0.3 is 15.1 Å². The number of likely N-dealkylation sites (N-methyl/N-ethyl adjacent to an activating group) is 1. The van der Waals surface area contributed by atoms with E-state index < -0.39 is 0 Å². The quantitative estimate of drug-likeness (QED) is 0.859. The SMILES string of the molecule is CN1CCN(C(=O)Cc2ccc3c(c2)NCC3)CC1. The second-order valence-corrected chi connectivity index (χ2v) is 5.53. The average molecular weight is 259 g/mol. The summed E-state index contributed by atoms with van der Waals surface area (Å²) in [7, 11) is 2.11. The molecular weight excluding hydrogens is 238 g/mol. The van der Waals surface area contributed by atoms with Crippen LogP contribution in [0.3, 0.4) is 0 Å². The predicted molar refractivity (Wildman–Crippen MR) is 76.4 cm³/mol. The van der Waals surface area contributed by atoms with E-state index in [9.17, 15) is 4.79 Å². The molecule has 1 aromatic carbocycles. The van der Waals surface area contributed by atoms with E-state index in [0.717, 1.165) is 44.7 Å². The zero-order valence-electron chi connectivity index (χ0n) is 11.5. The van der Waals surface area contributed by atoms with Crippen molar-refractivity contribution in [3.05, 3.63) is 29.3 Å². The molecule has 0 radical (unpaired) electrons. The van der Waals surface area contributed by atoms with Gasteiger partial charge in [-0.3, -0.25) is 4.79 Å². The molecule has 102 valence electrons. The molecule has 19 heavy (non-hydrogen) atoms. The van der Waals surface area contributed by atoms with Gasteiger partial charge in [0, 0.05) is 38.4 Å². The number of nitrogens with zero attached hydrogens (tertiary/aromatic N) is 2. The topological polar surface area (TPSA) is 35.6 Å². The second kappa shape index (κ2) is 5.21. The average Bonchev–Trinajstić information content (AvgIpc) is 2.87. The summed E-state index contributed by atoms with van der Waals surface area (Å²) in [5.41, 5.74) is 3.71. The molecule has 1 amide bonds. The van der Waals surface area contributed by atoms with E-state index in [1.54, 1.807) is 0 Å². The van der Waals surface area contributed by atoms with E-state index in [1.165, 1.54) is 11.3 Å². The van der Waals surface area contributed by atoms with E-state index in [-0.39, 0.29) is 5.91 Å². The number of hydrogen-bond donors (Lipinski definition) is 1. The number of hydrogen-bond acceptors (Lipinski definition) is 3. The second-order valence-electron chi connectivity index (χ2n) is 5.53. The molecule has 1 saturated heterocycles. The monoisotopic (exact) mass is 259 g/mol. The predicted octanol–water partition coefficient (Wildman–Crippen LogP) is 0.971. The molecule has 0 unspecified atom stereocenters. The Kier molecular flexibility index (Phi) is 3.42. The molecule has 4 heteroatoms. The molecule has 0 aromatic heterocycles. The smallest absolute Gasteiger partial charge is 0.227 e. The standard InChI is InChI=1S/C15H21N3O/c1-17-6-8-18(9-7-17)15(19)11-12-2-3-13-4-5-16-14(13)10-12/h2-3,10,16H,4-9,11H2,1H3. The lowest BCUT2D eigenvalue weighted by atomic mass is 10.1. The number of benzene rings is 1. The van der Waals surface area contributed by atoms with Crippen molar-refractivity contribution >= 4 is 11.6 Å². The van der Waals surface area contributed by atoms with Crippen LogP contribution in [0.5, 0.6) is 0 Å². The van der Waals surface area contributed by atoms with Gasteiger partial charge in [0.05, 0.1) is 6.42 Å². The Bertz CT molecular complexity index is 478. The van der Waals surface area contributed by atoms with E-state index in [2.05, 4.69) is 35.5 Å². The molecule has 1 fully saturated rings. The Morgan fingerprint density at radius 1 is 1.26 bits per heavy atom. The number of amides is 1. The summed E-state index contributed by atoms with van der Waals surface area (Å²) in [6.45, 7) is 4.71. The first-order chi connectivity index (χ1) is 9.22. The molecule has 0 bridgehead atoms. The number of carbonyl (C=O) groups is 1. The lowest BCUT2D eigenvalue weighted by molar-refractivity contribution is -0.132.